The molecule has 0 N–H and O–H groups in total. The van der Waals surface area contributed by atoms with E-state index in [9.17, 15) is 0 Å². The topological polar surface area (TPSA) is 9.23 Å². The van der Waals surface area contributed by atoms with Crippen molar-refractivity contribution in [3.05, 3.63) is 35.9 Å². The number of benzene rings is 1. The summed E-state index contributed by atoms with van der Waals surface area (Å²) in [4.78, 5) is 0.476. The van der Waals surface area contributed by atoms with E-state index in [2.05, 4.69) is 40.2 Å². The molecule has 1 aromatic carbocycles. The molecule has 0 aliphatic carbocycles. The molecule has 0 radical (unpaired) electrons. The van der Waals surface area contributed by atoms with E-state index in [-0.39, 0.29) is 6.10 Å². The van der Waals surface area contributed by atoms with Crippen molar-refractivity contribution >= 4 is 15.9 Å². The molecule has 2 atom stereocenters. The fourth-order valence-corrected chi connectivity index (χ4v) is 2.47. The summed E-state index contributed by atoms with van der Waals surface area (Å²) in [5.41, 5.74) is 1.28. The number of hydrogen-bond donors (Lipinski definition) is 0. The average Bonchev–Trinajstić information content (AvgIpc) is 2.20. The van der Waals surface area contributed by atoms with Crippen molar-refractivity contribution in [2.24, 2.45) is 0 Å². The van der Waals surface area contributed by atoms with E-state index < -0.39 is 0 Å². The molecule has 0 spiro atoms. The third-order valence-electron chi connectivity index (χ3n) is 2.38. The van der Waals surface area contributed by atoms with Crippen LogP contribution < -0.4 is 0 Å². The highest BCUT2D eigenvalue weighted by molar-refractivity contribution is 9.09. The van der Waals surface area contributed by atoms with Gasteiger partial charge in [-0.2, -0.15) is 0 Å². The molecule has 1 aromatic rings. The minimum Gasteiger partial charge on any atom is -0.372 e. The molecule has 2 unspecified atom stereocenters. The van der Waals surface area contributed by atoms with Gasteiger partial charge in [-0.15, -0.1) is 0 Å². The van der Waals surface area contributed by atoms with Gasteiger partial charge in [0.2, 0.25) is 0 Å². The van der Waals surface area contributed by atoms with E-state index in [1.165, 1.54) is 18.4 Å². The van der Waals surface area contributed by atoms with Crippen molar-refractivity contribution in [2.45, 2.75) is 23.8 Å². The molecular formula is C11H13BrO. The lowest BCUT2D eigenvalue weighted by molar-refractivity contribution is 0.0218. The van der Waals surface area contributed by atoms with Gasteiger partial charge in [0.25, 0.3) is 0 Å². The van der Waals surface area contributed by atoms with E-state index in [0.29, 0.717) is 4.83 Å². The summed E-state index contributed by atoms with van der Waals surface area (Å²) in [5, 5.41) is 0. The lowest BCUT2D eigenvalue weighted by Crippen LogP contribution is -2.22. The molecule has 0 amide bonds. The predicted octanol–water partition coefficient (Wildman–Crippen LogP) is 3.30. The van der Waals surface area contributed by atoms with Crippen LogP contribution in [0.15, 0.2) is 30.3 Å². The van der Waals surface area contributed by atoms with Crippen molar-refractivity contribution in [3.8, 4) is 0 Å². The smallest absolute Gasteiger partial charge is 0.0949 e. The second-order valence-electron chi connectivity index (χ2n) is 3.36. The van der Waals surface area contributed by atoms with Crippen LogP contribution in [0.25, 0.3) is 0 Å². The molecule has 13 heavy (non-hydrogen) atoms. The molecule has 70 valence electrons. The highest BCUT2D eigenvalue weighted by Gasteiger charge is 2.24. The Morgan fingerprint density at radius 1 is 1.23 bits per heavy atom. The van der Waals surface area contributed by atoms with E-state index >= 15 is 0 Å². The van der Waals surface area contributed by atoms with Crippen LogP contribution in [-0.2, 0) is 4.74 Å². The first-order valence-electron chi connectivity index (χ1n) is 4.68. The minimum absolute atomic E-state index is 0.245. The lowest BCUT2D eigenvalue weighted by Gasteiger charge is -2.28. The summed E-state index contributed by atoms with van der Waals surface area (Å²) >= 11 is 3.67. The third kappa shape index (κ3) is 2.12. The van der Waals surface area contributed by atoms with Crippen molar-refractivity contribution in [3.63, 3.8) is 0 Å². The van der Waals surface area contributed by atoms with Gasteiger partial charge in [-0.25, -0.2) is 0 Å². The molecule has 0 bridgehead atoms. The maximum absolute atomic E-state index is 5.73. The first kappa shape index (κ1) is 9.22. The Morgan fingerprint density at radius 2 is 2.00 bits per heavy atom. The number of hydrogen-bond acceptors (Lipinski definition) is 1. The number of alkyl halides is 1. The molecule has 2 heteroatoms. The van der Waals surface area contributed by atoms with E-state index in [1.54, 1.807) is 0 Å². The Kier molecular flexibility index (Phi) is 3.01. The van der Waals surface area contributed by atoms with E-state index in [1.807, 2.05) is 6.07 Å². The third-order valence-corrected chi connectivity index (χ3v) is 3.32. The van der Waals surface area contributed by atoms with Gasteiger partial charge in [0.15, 0.2) is 0 Å². The largest absolute Gasteiger partial charge is 0.372 e. The van der Waals surface area contributed by atoms with Gasteiger partial charge in [0.05, 0.1) is 6.10 Å². The zero-order valence-electron chi connectivity index (χ0n) is 7.45. The maximum Gasteiger partial charge on any atom is 0.0949 e. The fraction of sp³-hybridized carbons (Fsp3) is 0.455. The average molecular weight is 241 g/mol. The van der Waals surface area contributed by atoms with Gasteiger partial charge in [-0.05, 0) is 18.4 Å². The summed E-state index contributed by atoms with van der Waals surface area (Å²) < 4.78 is 5.73. The summed E-state index contributed by atoms with van der Waals surface area (Å²) in [5.74, 6) is 0. The highest BCUT2D eigenvalue weighted by Crippen LogP contribution is 2.32. The molecule has 0 aromatic heterocycles. The van der Waals surface area contributed by atoms with Crippen LogP contribution in [-0.4, -0.2) is 11.4 Å². The Balaban J connectivity index is 2.15. The fourth-order valence-electron chi connectivity index (χ4n) is 1.69. The molecule has 1 heterocycles. The van der Waals surface area contributed by atoms with Crippen molar-refractivity contribution in [1.29, 1.82) is 0 Å². The lowest BCUT2D eigenvalue weighted by atomic mass is 10.0. The van der Waals surface area contributed by atoms with Crippen LogP contribution in [0.2, 0.25) is 0 Å². The number of ether oxygens (including phenoxy) is 1. The summed E-state index contributed by atoms with van der Waals surface area (Å²) in [6, 6.07) is 10.4. The predicted molar refractivity (Wildman–Crippen MR) is 57.1 cm³/mol. The molecule has 1 saturated heterocycles. The number of rotatable bonds is 1. The molecular weight excluding hydrogens is 228 g/mol. The van der Waals surface area contributed by atoms with Gasteiger partial charge in [0, 0.05) is 11.4 Å². The van der Waals surface area contributed by atoms with Gasteiger partial charge in [0.1, 0.15) is 0 Å². The monoisotopic (exact) mass is 240 g/mol. The van der Waals surface area contributed by atoms with E-state index in [0.717, 1.165) is 6.61 Å². The van der Waals surface area contributed by atoms with Crippen LogP contribution in [0.1, 0.15) is 24.5 Å². The van der Waals surface area contributed by atoms with Crippen molar-refractivity contribution in [2.75, 3.05) is 6.61 Å². The molecule has 1 aliphatic heterocycles. The van der Waals surface area contributed by atoms with Crippen molar-refractivity contribution < 1.29 is 4.74 Å². The Hall–Kier alpha value is -0.340. The van der Waals surface area contributed by atoms with Gasteiger partial charge in [-0.1, -0.05) is 46.3 Å². The maximum atomic E-state index is 5.73. The zero-order chi connectivity index (χ0) is 9.10. The molecule has 1 aliphatic rings. The molecule has 2 rings (SSSR count). The Bertz CT molecular complexity index is 260. The Labute approximate surface area is 87.2 Å². The zero-order valence-corrected chi connectivity index (χ0v) is 9.03. The summed E-state index contributed by atoms with van der Waals surface area (Å²) in [7, 11) is 0. The quantitative estimate of drug-likeness (QED) is 0.685. The van der Waals surface area contributed by atoms with Crippen LogP contribution in [0.4, 0.5) is 0 Å². The van der Waals surface area contributed by atoms with Crippen LogP contribution in [0.5, 0.6) is 0 Å². The van der Waals surface area contributed by atoms with Gasteiger partial charge >= 0.3 is 0 Å². The molecule has 0 saturated carbocycles. The van der Waals surface area contributed by atoms with Crippen LogP contribution in [0, 0.1) is 0 Å². The summed E-state index contributed by atoms with van der Waals surface area (Å²) in [6.45, 7) is 0.891. The normalized spacial score (nSPS) is 28.7. The first-order chi connectivity index (χ1) is 6.38. The summed E-state index contributed by atoms with van der Waals surface area (Å²) in [6.07, 6.45) is 2.62. The number of halogens is 1. The molecule has 1 fully saturated rings. The minimum atomic E-state index is 0.245. The SMILES string of the molecule is BrC1CCCOC1c1ccccc1. The van der Waals surface area contributed by atoms with Gasteiger partial charge in [-0.3, -0.25) is 0 Å². The Morgan fingerprint density at radius 3 is 2.69 bits per heavy atom. The van der Waals surface area contributed by atoms with E-state index in [4.69, 9.17) is 4.74 Å². The first-order valence-corrected chi connectivity index (χ1v) is 5.60. The van der Waals surface area contributed by atoms with Crippen LogP contribution >= 0.6 is 15.9 Å². The van der Waals surface area contributed by atoms with Gasteiger partial charge < -0.3 is 4.74 Å². The highest BCUT2D eigenvalue weighted by atomic mass is 79.9. The second-order valence-corrected chi connectivity index (χ2v) is 4.54. The molecule has 1 nitrogen and oxygen atoms in total. The van der Waals surface area contributed by atoms with Crippen LogP contribution in [0.3, 0.4) is 0 Å². The second kappa shape index (κ2) is 4.25. The standard InChI is InChI=1S/C11H13BrO/c12-10-7-4-8-13-11(10)9-5-2-1-3-6-9/h1-3,5-6,10-11H,4,7-8H2. The van der Waals surface area contributed by atoms with Crippen molar-refractivity contribution in [1.82, 2.24) is 0 Å².